The zero-order chi connectivity index (χ0) is 13.8. The molecule has 6 nitrogen and oxygen atoms in total. The Morgan fingerprint density at radius 3 is 2.33 bits per heavy atom. The van der Waals surface area contributed by atoms with Gasteiger partial charge in [-0.2, -0.15) is 0 Å². The zero-order valence-corrected chi connectivity index (χ0v) is 11.1. The Labute approximate surface area is 105 Å². The van der Waals surface area contributed by atoms with E-state index < -0.39 is 7.82 Å². The summed E-state index contributed by atoms with van der Waals surface area (Å²) in [5, 5.41) is 0. The van der Waals surface area contributed by atoms with E-state index in [0.29, 0.717) is 13.0 Å². The van der Waals surface area contributed by atoms with E-state index in [1.54, 1.807) is 31.0 Å². The summed E-state index contributed by atoms with van der Waals surface area (Å²) in [7, 11) is -2.82. The highest BCUT2D eigenvalue weighted by atomic mass is 31.2. The summed E-state index contributed by atoms with van der Waals surface area (Å²) in [5.74, 6) is 0.127. The molecule has 100 valence electrons. The van der Waals surface area contributed by atoms with Crippen molar-refractivity contribution in [2.75, 3.05) is 7.05 Å². The average Bonchev–Trinajstić information content (AvgIpc) is 2.28. The van der Waals surface area contributed by atoms with Crippen LogP contribution in [0.25, 0.3) is 0 Å². The van der Waals surface area contributed by atoms with Gasteiger partial charge in [0.2, 0.25) is 5.91 Å². The van der Waals surface area contributed by atoms with Crippen LogP contribution in [0, 0.1) is 0 Å². The number of benzene rings is 1. The van der Waals surface area contributed by atoms with Crippen LogP contribution in [0.2, 0.25) is 0 Å². The van der Waals surface area contributed by atoms with Crippen LogP contribution in [0.1, 0.15) is 18.9 Å². The van der Waals surface area contributed by atoms with Crippen molar-refractivity contribution >= 4 is 13.7 Å². The molecule has 0 aromatic heterocycles. The van der Waals surface area contributed by atoms with Crippen LogP contribution in [-0.4, -0.2) is 27.6 Å². The van der Waals surface area contributed by atoms with E-state index in [1.165, 1.54) is 12.1 Å². The van der Waals surface area contributed by atoms with Crippen LogP contribution in [0.3, 0.4) is 0 Å². The molecule has 0 unspecified atom stereocenters. The highest BCUT2D eigenvalue weighted by molar-refractivity contribution is 7.46. The molecule has 0 saturated carbocycles. The molecule has 0 aliphatic carbocycles. The molecule has 0 atom stereocenters. The normalized spacial score (nSPS) is 11.1. The average molecular weight is 273 g/mol. The lowest BCUT2D eigenvalue weighted by molar-refractivity contribution is -0.130. The highest BCUT2D eigenvalue weighted by Crippen LogP contribution is 2.37. The first kappa shape index (κ1) is 14.7. The van der Waals surface area contributed by atoms with Crippen molar-refractivity contribution in [1.29, 1.82) is 0 Å². The molecule has 1 aromatic carbocycles. The maximum atomic E-state index is 11.4. The Bertz CT molecular complexity index is 453. The number of rotatable bonds is 5. The molecule has 0 saturated heterocycles. The Hall–Kier alpha value is -1.36. The third-order valence-electron chi connectivity index (χ3n) is 2.30. The first-order valence-corrected chi connectivity index (χ1v) is 6.93. The molecular weight excluding hydrogens is 257 g/mol. The second-order valence-electron chi connectivity index (χ2n) is 3.83. The third kappa shape index (κ3) is 4.87. The maximum Gasteiger partial charge on any atom is 0.524 e. The number of carbonyl (C=O) groups excluding carboxylic acids is 1. The topological polar surface area (TPSA) is 87.1 Å². The SMILES string of the molecule is CCC(=O)N(C)Cc1ccc(OP(=O)(O)O)cc1. The van der Waals surface area contributed by atoms with E-state index in [2.05, 4.69) is 4.52 Å². The fraction of sp³-hybridized carbons (Fsp3) is 0.364. The molecule has 2 N–H and O–H groups in total. The molecule has 0 heterocycles. The molecule has 7 heteroatoms. The Balaban J connectivity index is 2.66. The smallest absolute Gasteiger partial charge is 0.404 e. The van der Waals surface area contributed by atoms with E-state index in [0.717, 1.165) is 5.56 Å². The maximum absolute atomic E-state index is 11.4. The quantitative estimate of drug-likeness (QED) is 0.794. The number of hydrogen-bond donors (Lipinski definition) is 2. The fourth-order valence-corrected chi connectivity index (χ4v) is 1.82. The number of amides is 1. The molecule has 18 heavy (non-hydrogen) atoms. The molecule has 1 aromatic rings. The Kier molecular flexibility index (Phi) is 4.90. The predicted octanol–water partition coefficient (Wildman–Crippen LogP) is 1.53. The largest absolute Gasteiger partial charge is 0.524 e. The lowest BCUT2D eigenvalue weighted by atomic mass is 10.2. The third-order valence-corrected chi connectivity index (χ3v) is 2.74. The van der Waals surface area contributed by atoms with Gasteiger partial charge in [0.1, 0.15) is 5.75 Å². The van der Waals surface area contributed by atoms with Crippen LogP contribution >= 0.6 is 7.82 Å². The number of phosphoric acid groups is 1. The van der Waals surface area contributed by atoms with E-state index in [4.69, 9.17) is 9.79 Å². The van der Waals surface area contributed by atoms with Gasteiger partial charge in [-0.05, 0) is 17.7 Å². The molecule has 0 aliphatic heterocycles. The van der Waals surface area contributed by atoms with Crippen molar-refractivity contribution in [3.05, 3.63) is 29.8 Å². The summed E-state index contributed by atoms with van der Waals surface area (Å²) in [4.78, 5) is 30.2. The molecule has 0 radical (unpaired) electrons. The van der Waals surface area contributed by atoms with Crippen molar-refractivity contribution in [2.24, 2.45) is 0 Å². The molecule has 0 spiro atoms. The van der Waals surface area contributed by atoms with Gasteiger partial charge in [-0.15, -0.1) is 0 Å². The summed E-state index contributed by atoms with van der Waals surface area (Å²) in [6, 6.07) is 6.23. The number of carbonyl (C=O) groups is 1. The van der Waals surface area contributed by atoms with Crippen molar-refractivity contribution in [3.63, 3.8) is 0 Å². The van der Waals surface area contributed by atoms with Crippen molar-refractivity contribution < 1.29 is 23.7 Å². The molecule has 1 amide bonds. The van der Waals surface area contributed by atoms with E-state index in [9.17, 15) is 9.36 Å². The molecule has 0 aliphatic rings. The number of nitrogens with zero attached hydrogens (tertiary/aromatic N) is 1. The van der Waals surface area contributed by atoms with Gasteiger partial charge in [0, 0.05) is 20.0 Å². The Morgan fingerprint density at radius 2 is 1.89 bits per heavy atom. The summed E-state index contributed by atoms with van der Waals surface area (Å²) in [6.45, 7) is 2.23. The van der Waals surface area contributed by atoms with Gasteiger partial charge in [0.15, 0.2) is 0 Å². The number of hydrogen-bond acceptors (Lipinski definition) is 3. The summed E-state index contributed by atoms with van der Waals surface area (Å²) in [6.07, 6.45) is 0.440. The van der Waals surface area contributed by atoms with Crippen molar-refractivity contribution in [1.82, 2.24) is 4.90 Å². The lowest BCUT2D eigenvalue weighted by Gasteiger charge is -2.16. The first-order chi connectivity index (χ1) is 8.31. The van der Waals surface area contributed by atoms with Gasteiger partial charge in [0.05, 0.1) is 0 Å². The van der Waals surface area contributed by atoms with Crippen LogP contribution in [0.5, 0.6) is 5.75 Å². The highest BCUT2D eigenvalue weighted by Gasteiger charge is 2.15. The molecule has 0 fully saturated rings. The van der Waals surface area contributed by atoms with E-state index >= 15 is 0 Å². The van der Waals surface area contributed by atoms with Gasteiger partial charge in [0.25, 0.3) is 0 Å². The van der Waals surface area contributed by atoms with Gasteiger partial charge in [-0.1, -0.05) is 19.1 Å². The number of phosphoric ester groups is 1. The van der Waals surface area contributed by atoms with Gasteiger partial charge in [-0.3, -0.25) is 14.6 Å². The van der Waals surface area contributed by atoms with E-state index in [-0.39, 0.29) is 11.7 Å². The molecule has 1 rings (SSSR count). The van der Waals surface area contributed by atoms with Gasteiger partial charge >= 0.3 is 7.82 Å². The minimum Gasteiger partial charge on any atom is -0.404 e. The molecule has 0 bridgehead atoms. The lowest BCUT2D eigenvalue weighted by Crippen LogP contribution is -2.25. The summed E-state index contributed by atoms with van der Waals surface area (Å²) in [5.41, 5.74) is 0.859. The zero-order valence-electron chi connectivity index (χ0n) is 10.2. The van der Waals surface area contributed by atoms with Crippen molar-refractivity contribution in [2.45, 2.75) is 19.9 Å². The van der Waals surface area contributed by atoms with Crippen LogP contribution < -0.4 is 4.52 Å². The second kappa shape index (κ2) is 6.00. The predicted molar refractivity (Wildman–Crippen MR) is 65.9 cm³/mol. The fourth-order valence-electron chi connectivity index (χ4n) is 1.42. The minimum atomic E-state index is -4.52. The summed E-state index contributed by atoms with van der Waals surface area (Å²) < 4.78 is 15.0. The molecular formula is C11H16NO5P. The summed E-state index contributed by atoms with van der Waals surface area (Å²) >= 11 is 0. The minimum absolute atomic E-state index is 0.0329. The van der Waals surface area contributed by atoms with Gasteiger partial charge in [-0.25, -0.2) is 4.57 Å². The van der Waals surface area contributed by atoms with Crippen LogP contribution in [0.15, 0.2) is 24.3 Å². The Morgan fingerprint density at radius 1 is 1.33 bits per heavy atom. The van der Waals surface area contributed by atoms with Gasteiger partial charge < -0.3 is 9.42 Å². The standard InChI is InChI=1S/C11H16NO5P/c1-3-11(13)12(2)8-9-4-6-10(7-5-9)17-18(14,15)16/h4-7H,3,8H2,1-2H3,(H2,14,15,16). The first-order valence-electron chi connectivity index (χ1n) is 5.40. The monoisotopic (exact) mass is 273 g/mol. The van der Waals surface area contributed by atoms with E-state index in [1.807, 2.05) is 0 Å². The van der Waals surface area contributed by atoms with Crippen molar-refractivity contribution in [3.8, 4) is 5.75 Å². The second-order valence-corrected chi connectivity index (χ2v) is 4.99. The van der Waals surface area contributed by atoms with Crippen LogP contribution in [0.4, 0.5) is 0 Å². The van der Waals surface area contributed by atoms with Crippen LogP contribution in [-0.2, 0) is 15.9 Å².